The van der Waals surface area contributed by atoms with Crippen LogP contribution in [-0.2, 0) is 17.9 Å². The van der Waals surface area contributed by atoms with Crippen LogP contribution in [0, 0.1) is 6.92 Å². The molecule has 1 fully saturated rings. The molecule has 3 rings (SSSR count). The summed E-state index contributed by atoms with van der Waals surface area (Å²) in [5.74, 6) is 0.118. The molecule has 1 amide bonds. The minimum absolute atomic E-state index is 0.118. The number of rotatable bonds is 4. The molecule has 1 aliphatic heterocycles. The van der Waals surface area contributed by atoms with E-state index in [1.807, 2.05) is 17.9 Å². The molecule has 1 saturated heterocycles. The zero-order valence-corrected chi connectivity index (χ0v) is 12.9. The lowest BCUT2D eigenvalue weighted by molar-refractivity contribution is -0.133. The van der Waals surface area contributed by atoms with Gasteiger partial charge in [0.2, 0.25) is 5.91 Å². The fourth-order valence-electron chi connectivity index (χ4n) is 2.69. The third kappa shape index (κ3) is 3.51. The van der Waals surface area contributed by atoms with Gasteiger partial charge in [0.1, 0.15) is 6.54 Å². The minimum atomic E-state index is 0.118. The van der Waals surface area contributed by atoms with Gasteiger partial charge in [0.15, 0.2) is 0 Å². The molecule has 6 nitrogen and oxygen atoms in total. The molecular formula is C16H21N5O. The van der Waals surface area contributed by atoms with Gasteiger partial charge in [0.25, 0.3) is 0 Å². The number of aryl methyl sites for hydroxylation is 1. The van der Waals surface area contributed by atoms with Gasteiger partial charge in [-0.2, -0.15) is 0 Å². The van der Waals surface area contributed by atoms with Crippen LogP contribution in [0.5, 0.6) is 0 Å². The number of piperazine rings is 1. The minimum Gasteiger partial charge on any atom is -0.339 e. The topological polar surface area (TPSA) is 54.3 Å². The van der Waals surface area contributed by atoms with Crippen molar-refractivity contribution < 1.29 is 4.79 Å². The number of benzene rings is 1. The lowest BCUT2D eigenvalue weighted by atomic mass is 10.2. The zero-order valence-electron chi connectivity index (χ0n) is 12.9. The Morgan fingerprint density at radius 3 is 2.50 bits per heavy atom. The van der Waals surface area contributed by atoms with Crippen molar-refractivity contribution in [1.29, 1.82) is 0 Å². The first-order chi connectivity index (χ1) is 10.7. The normalized spacial score (nSPS) is 16.0. The third-order valence-corrected chi connectivity index (χ3v) is 4.07. The van der Waals surface area contributed by atoms with Crippen molar-refractivity contribution in [2.45, 2.75) is 20.0 Å². The van der Waals surface area contributed by atoms with E-state index in [1.165, 1.54) is 5.56 Å². The Balaban J connectivity index is 1.49. The molecule has 22 heavy (non-hydrogen) atoms. The molecule has 1 aromatic carbocycles. The molecule has 0 radical (unpaired) electrons. The Hall–Kier alpha value is -2.21. The summed E-state index contributed by atoms with van der Waals surface area (Å²) in [4.78, 5) is 16.6. The Labute approximate surface area is 130 Å². The summed E-state index contributed by atoms with van der Waals surface area (Å²) < 4.78 is 1.65. The maximum atomic E-state index is 12.3. The van der Waals surface area contributed by atoms with E-state index in [9.17, 15) is 4.79 Å². The predicted molar refractivity (Wildman–Crippen MR) is 83.1 cm³/mol. The Kier molecular flexibility index (Phi) is 4.48. The number of hydrogen-bond acceptors (Lipinski definition) is 4. The van der Waals surface area contributed by atoms with Crippen molar-refractivity contribution in [1.82, 2.24) is 24.8 Å². The van der Waals surface area contributed by atoms with Gasteiger partial charge >= 0.3 is 0 Å². The maximum Gasteiger partial charge on any atom is 0.244 e. The Morgan fingerprint density at radius 2 is 1.86 bits per heavy atom. The van der Waals surface area contributed by atoms with Gasteiger partial charge in [-0.3, -0.25) is 9.69 Å². The zero-order chi connectivity index (χ0) is 15.4. The van der Waals surface area contributed by atoms with Gasteiger partial charge in [-0.15, -0.1) is 5.10 Å². The number of carbonyl (C=O) groups is 1. The second-order valence-corrected chi connectivity index (χ2v) is 5.68. The third-order valence-electron chi connectivity index (χ3n) is 4.07. The highest BCUT2D eigenvalue weighted by Crippen LogP contribution is 2.09. The molecule has 0 spiro atoms. The first kappa shape index (κ1) is 14.7. The summed E-state index contributed by atoms with van der Waals surface area (Å²) in [5.41, 5.74) is 2.23. The van der Waals surface area contributed by atoms with Crippen LogP contribution in [0.15, 0.2) is 36.5 Å². The Bertz CT molecular complexity index is 616. The summed E-state index contributed by atoms with van der Waals surface area (Å²) in [5, 5.41) is 7.74. The van der Waals surface area contributed by atoms with Crippen LogP contribution in [-0.4, -0.2) is 56.9 Å². The van der Waals surface area contributed by atoms with Crippen LogP contribution in [0.2, 0.25) is 0 Å². The molecule has 0 aliphatic carbocycles. The van der Waals surface area contributed by atoms with Crippen molar-refractivity contribution in [3.05, 3.63) is 47.8 Å². The van der Waals surface area contributed by atoms with Crippen LogP contribution in [0.3, 0.4) is 0 Å². The van der Waals surface area contributed by atoms with Gasteiger partial charge in [-0.25, -0.2) is 4.68 Å². The van der Waals surface area contributed by atoms with E-state index in [4.69, 9.17) is 0 Å². The predicted octanol–water partition coefficient (Wildman–Crippen LogP) is 0.931. The molecule has 2 aromatic rings. The molecule has 0 atom stereocenters. The van der Waals surface area contributed by atoms with Crippen LogP contribution < -0.4 is 0 Å². The first-order valence-corrected chi connectivity index (χ1v) is 7.61. The average Bonchev–Trinajstić information content (AvgIpc) is 2.94. The van der Waals surface area contributed by atoms with Crippen LogP contribution in [0.25, 0.3) is 0 Å². The standard InChI is InChI=1S/C16H21N5O/c1-14-11-17-18-21(14)13-16(22)20-9-7-19(8-10-20)12-15-5-3-2-4-6-15/h2-6,11H,7-10,12-13H2,1H3. The second kappa shape index (κ2) is 6.70. The molecule has 1 aromatic heterocycles. The van der Waals surface area contributed by atoms with Crippen molar-refractivity contribution in [2.24, 2.45) is 0 Å². The second-order valence-electron chi connectivity index (χ2n) is 5.68. The van der Waals surface area contributed by atoms with E-state index in [2.05, 4.69) is 39.5 Å². The van der Waals surface area contributed by atoms with Gasteiger partial charge in [0, 0.05) is 32.7 Å². The smallest absolute Gasteiger partial charge is 0.244 e. The first-order valence-electron chi connectivity index (χ1n) is 7.61. The van der Waals surface area contributed by atoms with Gasteiger partial charge in [-0.1, -0.05) is 35.5 Å². The van der Waals surface area contributed by atoms with Gasteiger partial charge in [-0.05, 0) is 12.5 Å². The molecular weight excluding hydrogens is 278 g/mol. The molecule has 0 saturated carbocycles. The summed E-state index contributed by atoms with van der Waals surface area (Å²) in [6.07, 6.45) is 1.67. The lowest BCUT2D eigenvalue weighted by Crippen LogP contribution is -2.49. The van der Waals surface area contributed by atoms with Crippen molar-refractivity contribution in [3.8, 4) is 0 Å². The largest absolute Gasteiger partial charge is 0.339 e. The highest BCUT2D eigenvalue weighted by atomic mass is 16.2. The number of hydrogen-bond donors (Lipinski definition) is 0. The van der Waals surface area contributed by atoms with E-state index in [-0.39, 0.29) is 12.5 Å². The molecule has 116 valence electrons. The fourth-order valence-corrected chi connectivity index (χ4v) is 2.69. The van der Waals surface area contributed by atoms with E-state index in [0.29, 0.717) is 0 Å². The number of nitrogens with zero attached hydrogens (tertiary/aromatic N) is 5. The maximum absolute atomic E-state index is 12.3. The highest BCUT2D eigenvalue weighted by molar-refractivity contribution is 5.76. The van der Waals surface area contributed by atoms with E-state index < -0.39 is 0 Å². The van der Waals surface area contributed by atoms with Gasteiger partial charge < -0.3 is 4.90 Å². The summed E-state index contributed by atoms with van der Waals surface area (Å²) >= 11 is 0. The van der Waals surface area contributed by atoms with Crippen molar-refractivity contribution in [3.63, 3.8) is 0 Å². The van der Waals surface area contributed by atoms with E-state index in [1.54, 1.807) is 10.9 Å². The quantitative estimate of drug-likeness (QED) is 0.843. The Morgan fingerprint density at radius 1 is 1.14 bits per heavy atom. The van der Waals surface area contributed by atoms with E-state index in [0.717, 1.165) is 38.4 Å². The average molecular weight is 299 g/mol. The van der Waals surface area contributed by atoms with Crippen molar-refractivity contribution in [2.75, 3.05) is 26.2 Å². The van der Waals surface area contributed by atoms with Crippen molar-refractivity contribution >= 4 is 5.91 Å². The molecule has 1 aliphatic rings. The van der Waals surface area contributed by atoms with Crippen LogP contribution in [0.1, 0.15) is 11.3 Å². The number of carbonyl (C=O) groups excluding carboxylic acids is 1. The van der Waals surface area contributed by atoms with Gasteiger partial charge in [0.05, 0.1) is 11.9 Å². The fraction of sp³-hybridized carbons (Fsp3) is 0.438. The summed E-state index contributed by atoms with van der Waals surface area (Å²) in [7, 11) is 0. The summed E-state index contributed by atoms with van der Waals surface area (Å²) in [6, 6.07) is 10.5. The van der Waals surface area contributed by atoms with Crippen LogP contribution in [0.4, 0.5) is 0 Å². The lowest BCUT2D eigenvalue weighted by Gasteiger charge is -2.34. The molecule has 0 bridgehead atoms. The number of amides is 1. The molecule has 0 unspecified atom stereocenters. The summed E-state index contributed by atoms with van der Waals surface area (Å²) in [6.45, 7) is 6.52. The monoisotopic (exact) mass is 299 g/mol. The van der Waals surface area contributed by atoms with Crippen LogP contribution >= 0.6 is 0 Å². The molecule has 6 heteroatoms. The highest BCUT2D eigenvalue weighted by Gasteiger charge is 2.21. The number of aromatic nitrogens is 3. The molecule has 0 N–H and O–H groups in total. The SMILES string of the molecule is Cc1cnnn1CC(=O)N1CCN(Cc2ccccc2)CC1. The molecule has 2 heterocycles. The van der Waals surface area contributed by atoms with E-state index >= 15 is 0 Å².